The standard InChI is InChI=1S/C73H62N2O4/c1-71(2,69(76)74-67(65-43-19-31-53-25-7-13-41-63(53)65)72(78,45-55-33-15-27-49-21-3-9-37-59(49)55)46-56-34-16-28-50-22-4-10-38-60(50)56)70(77)75-68(66-44-20-32-54-26-8-14-42-64(54)66)73(79,47-57-35-17-29-51-23-5-11-39-61(51)57)48-58-36-18-30-52-24-6-12-40-62(52)58/h3-44,67-68,78-79H,45-48H2,1-2H3,(H,74,76)(H,75,77)/t67-,68-/m0/s1. The molecule has 4 N–H and O–H groups in total. The molecular formula is C73H62N2O4. The molecule has 0 saturated heterocycles. The minimum Gasteiger partial charge on any atom is -0.387 e. The van der Waals surface area contributed by atoms with Crippen molar-refractivity contribution in [2.24, 2.45) is 5.41 Å². The quantitative estimate of drug-likeness (QED) is 0.0725. The molecule has 12 rings (SSSR count). The maximum Gasteiger partial charge on any atom is 0.235 e. The molecule has 0 heterocycles. The van der Waals surface area contributed by atoms with Crippen molar-refractivity contribution >= 4 is 76.4 Å². The predicted molar refractivity (Wildman–Crippen MR) is 324 cm³/mol. The number of carbonyl (C=O) groups is 2. The van der Waals surface area contributed by atoms with Crippen molar-refractivity contribution in [1.29, 1.82) is 0 Å². The Bertz CT molecular complexity index is 3790. The minimum absolute atomic E-state index is 0.164. The van der Waals surface area contributed by atoms with Crippen LogP contribution in [-0.4, -0.2) is 33.2 Å². The van der Waals surface area contributed by atoms with Gasteiger partial charge in [-0.2, -0.15) is 0 Å². The van der Waals surface area contributed by atoms with Gasteiger partial charge in [-0.1, -0.05) is 255 Å². The Kier molecular flexibility index (Phi) is 13.6. The van der Waals surface area contributed by atoms with Crippen LogP contribution in [0.1, 0.15) is 59.3 Å². The molecule has 0 unspecified atom stereocenters. The first-order chi connectivity index (χ1) is 38.5. The number of nitrogens with one attached hydrogen (secondary N) is 2. The molecule has 0 aliphatic rings. The number of hydrogen-bond acceptors (Lipinski definition) is 4. The van der Waals surface area contributed by atoms with Gasteiger partial charge >= 0.3 is 0 Å². The summed E-state index contributed by atoms with van der Waals surface area (Å²) in [5.41, 5.74) is 0.00736. The molecule has 0 radical (unpaired) electrons. The van der Waals surface area contributed by atoms with E-state index in [9.17, 15) is 10.2 Å². The van der Waals surface area contributed by atoms with E-state index in [0.717, 1.165) is 98.0 Å². The molecule has 388 valence electrons. The molecule has 0 aliphatic carbocycles. The molecule has 6 heteroatoms. The Hall–Kier alpha value is -8.94. The van der Waals surface area contributed by atoms with Crippen molar-refractivity contribution in [3.05, 3.63) is 288 Å². The summed E-state index contributed by atoms with van der Waals surface area (Å²) in [4.78, 5) is 31.8. The fraction of sp³-hybridized carbons (Fsp3) is 0.151. The van der Waals surface area contributed by atoms with E-state index in [1.807, 2.05) is 158 Å². The zero-order valence-corrected chi connectivity index (χ0v) is 44.4. The molecule has 12 aromatic rings. The van der Waals surface area contributed by atoms with Crippen molar-refractivity contribution in [2.75, 3.05) is 0 Å². The normalized spacial score (nSPS) is 13.0. The van der Waals surface area contributed by atoms with Crippen LogP contribution in [0, 0.1) is 5.41 Å². The fourth-order valence-electron chi connectivity index (χ4n) is 12.4. The third kappa shape index (κ3) is 9.91. The summed E-state index contributed by atoms with van der Waals surface area (Å²) in [7, 11) is 0. The number of amides is 2. The number of carbonyl (C=O) groups excluding carboxylic acids is 2. The largest absolute Gasteiger partial charge is 0.387 e. The van der Waals surface area contributed by atoms with Gasteiger partial charge in [-0.15, -0.1) is 0 Å². The first-order valence-corrected chi connectivity index (χ1v) is 27.3. The molecule has 0 saturated carbocycles. The van der Waals surface area contributed by atoms with Gasteiger partial charge in [-0.3, -0.25) is 9.59 Å². The first-order valence-electron chi connectivity index (χ1n) is 27.3. The molecule has 12 aromatic carbocycles. The van der Waals surface area contributed by atoms with Crippen LogP contribution >= 0.6 is 0 Å². The van der Waals surface area contributed by atoms with E-state index in [2.05, 4.69) is 108 Å². The summed E-state index contributed by atoms with van der Waals surface area (Å²) in [5, 5.41) is 46.9. The zero-order valence-electron chi connectivity index (χ0n) is 44.4. The van der Waals surface area contributed by atoms with Crippen LogP contribution in [0.3, 0.4) is 0 Å². The Morgan fingerprint density at radius 2 is 0.532 bits per heavy atom. The van der Waals surface area contributed by atoms with Gasteiger partial charge in [0.25, 0.3) is 0 Å². The van der Waals surface area contributed by atoms with Gasteiger partial charge in [0.2, 0.25) is 11.8 Å². The van der Waals surface area contributed by atoms with Gasteiger partial charge in [0.05, 0.1) is 23.3 Å². The summed E-state index contributed by atoms with van der Waals surface area (Å²) < 4.78 is 0. The Morgan fingerprint density at radius 3 is 0.810 bits per heavy atom. The lowest BCUT2D eigenvalue weighted by Crippen LogP contribution is -2.57. The Labute approximate surface area is 461 Å². The highest BCUT2D eigenvalue weighted by atomic mass is 16.3. The summed E-state index contributed by atoms with van der Waals surface area (Å²) in [6, 6.07) is 83.2. The van der Waals surface area contributed by atoms with Gasteiger partial charge in [-0.25, -0.2) is 0 Å². The summed E-state index contributed by atoms with van der Waals surface area (Å²) in [5.74, 6) is -1.17. The van der Waals surface area contributed by atoms with Crippen LogP contribution in [0.25, 0.3) is 64.6 Å². The van der Waals surface area contributed by atoms with E-state index < -0.39 is 40.5 Å². The molecule has 0 fully saturated rings. The second-order valence-corrected chi connectivity index (χ2v) is 22.0. The van der Waals surface area contributed by atoms with E-state index in [0.29, 0.717) is 0 Å². The van der Waals surface area contributed by atoms with Crippen LogP contribution in [0.5, 0.6) is 0 Å². The summed E-state index contributed by atoms with van der Waals surface area (Å²) in [6.45, 7) is 3.28. The van der Waals surface area contributed by atoms with Crippen molar-refractivity contribution < 1.29 is 19.8 Å². The zero-order chi connectivity index (χ0) is 54.1. The van der Waals surface area contributed by atoms with E-state index in [1.54, 1.807) is 13.8 Å². The lowest BCUT2D eigenvalue weighted by atomic mass is 9.75. The maximum absolute atomic E-state index is 15.9. The summed E-state index contributed by atoms with van der Waals surface area (Å²) in [6.07, 6.45) is 0.654. The lowest BCUT2D eigenvalue weighted by molar-refractivity contribution is -0.145. The molecule has 6 nitrogen and oxygen atoms in total. The van der Waals surface area contributed by atoms with Crippen molar-refractivity contribution in [1.82, 2.24) is 10.6 Å². The number of aliphatic hydroxyl groups is 2. The van der Waals surface area contributed by atoms with Crippen molar-refractivity contribution in [2.45, 2.75) is 62.8 Å². The number of hydrogen-bond donors (Lipinski definition) is 4. The highest BCUT2D eigenvalue weighted by Crippen LogP contribution is 2.42. The second-order valence-electron chi connectivity index (χ2n) is 22.0. The molecule has 79 heavy (non-hydrogen) atoms. The molecule has 2 atom stereocenters. The Morgan fingerprint density at radius 1 is 0.316 bits per heavy atom. The third-order valence-corrected chi connectivity index (χ3v) is 16.5. The van der Waals surface area contributed by atoms with Crippen LogP contribution in [0.2, 0.25) is 0 Å². The van der Waals surface area contributed by atoms with Crippen molar-refractivity contribution in [3.63, 3.8) is 0 Å². The highest BCUT2D eigenvalue weighted by Gasteiger charge is 2.48. The first kappa shape index (κ1) is 50.9. The van der Waals surface area contributed by atoms with Gasteiger partial charge in [0.15, 0.2) is 0 Å². The van der Waals surface area contributed by atoms with Gasteiger partial charge < -0.3 is 20.8 Å². The molecule has 0 bridgehead atoms. The monoisotopic (exact) mass is 1030 g/mol. The average molecular weight is 1030 g/mol. The third-order valence-electron chi connectivity index (χ3n) is 16.5. The number of rotatable bonds is 16. The fourth-order valence-corrected chi connectivity index (χ4v) is 12.4. The molecular weight excluding hydrogens is 969 g/mol. The van der Waals surface area contributed by atoms with Crippen LogP contribution in [-0.2, 0) is 35.3 Å². The number of benzene rings is 12. The van der Waals surface area contributed by atoms with E-state index >= 15 is 9.59 Å². The smallest absolute Gasteiger partial charge is 0.235 e. The molecule has 0 aliphatic heterocycles. The van der Waals surface area contributed by atoms with Crippen LogP contribution in [0.15, 0.2) is 255 Å². The highest BCUT2D eigenvalue weighted by molar-refractivity contribution is 6.05. The SMILES string of the molecule is CC(C)(C(=O)N[C@@H](c1cccc2ccccc12)C(O)(Cc1cccc2ccccc12)Cc1cccc2ccccc12)C(=O)N[C@@H](c1cccc2ccccc12)C(O)(Cc1cccc2ccccc12)Cc1cccc2ccccc12. The number of fused-ring (bicyclic) bond motifs is 6. The average Bonchev–Trinajstić information content (AvgIpc) is 3.60. The topological polar surface area (TPSA) is 98.7 Å². The molecule has 0 spiro atoms. The van der Waals surface area contributed by atoms with Gasteiger partial charge in [0.1, 0.15) is 5.41 Å². The maximum atomic E-state index is 15.9. The van der Waals surface area contributed by atoms with Gasteiger partial charge in [-0.05, 0) is 112 Å². The summed E-state index contributed by atoms with van der Waals surface area (Å²) >= 11 is 0. The Balaban J connectivity index is 0.993. The predicted octanol–water partition coefficient (Wildman–Crippen LogP) is 15.1. The lowest BCUT2D eigenvalue weighted by Gasteiger charge is -2.41. The van der Waals surface area contributed by atoms with Gasteiger partial charge in [0, 0.05) is 25.7 Å². The van der Waals surface area contributed by atoms with E-state index in [4.69, 9.17) is 0 Å². The van der Waals surface area contributed by atoms with Crippen molar-refractivity contribution in [3.8, 4) is 0 Å². The van der Waals surface area contributed by atoms with E-state index in [1.165, 1.54) is 0 Å². The second kappa shape index (κ2) is 21.1. The molecule has 2 amide bonds. The molecule has 0 aromatic heterocycles. The van der Waals surface area contributed by atoms with Crippen LogP contribution in [0.4, 0.5) is 0 Å². The van der Waals surface area contributed by atoms with Crippen LogP contribution < -0.4 is 10.6 Å². The minimum atomic E-state index is -1.77. The van der Waals surface area contributed by atoms with E-state index in [-0.39, 0.29) is 25.7 Å².